The van der Waals surface area contributed by atoms with Crippen LogP contribution >= 0.6 is 0 Å². The molecule has 4 rings (SSSR count). The van der Waals surface area contributed by atoms with E-state index in [9.17, 15) is 4.79 Å². The van der Waals surface area contributed by atoms with Crippen molar-refractivity contribution in [1.29, 1.82) is 0 Å². The van der Waals surface area contributed by atoms with Crippen molar-refractivity contribution in [1.82, 2.24) is 15.0 Å². The van der Waals surface area contributed by atoms with E-state index in [0.29, 0.717) is 25.6 Å². The molecule has 0 bridgehead atoms. The standard InChI is InChI=1S/C17H21N3O5/c1-22-16-6-14(25-18-16)17(21)20-9-13-8-19(3-5-24-15(13)10-20)7-12-2-4-23-11-12/h2,4,6,11,13,15H,3,5,7-10H2,1H3/t13-,15+/m0/s1. The minimum absolute atomic E-state index is 0.0584. The van der Waals surface area contributed by atoms with Crippen molar-refractivity contribution in [2.75, 3.05) is 39.9 Å². The minimum Gasteiger partial charge on any atom is -0.479 e. The summed E-state index contributed by atoms with van der Waals surface area (Å²) in [5.41, 5.74) is 1.15. The summed E-state index contributed by atoms with van der Waals surface area (Å²) in [6.07, 6.45) is 3.52. The maximum Gasteiger partial charge on any atom is 0.292 e. The lowest BCUT2D eigenvalue weighted by molar-refractivity contribution is 0.0474. The van der Waals surface area contributed by atoms with Crippen LogP contribution in [0.2, 0.25) is 0 Å². The maximum absolute atomic E-state index is 12.6. The molecule has 0 N–H and O–H groups in total. The fourth-order valence-corrected chi connectivity index (χ4v) is 3.52. The summed E-state index contributed by atoms with van der Waals surface area (Å²) in [5.74, 6) is 0.611. The van der Waals surface area contributed by atoms with Crippen LogP contribution in [0.15, 0.2) is 33.6 Å². The molecule has 2 aromatic rings. The highest BCUT2D eigenvalue weighted by atomic mass is 16.5. The van der Waals surface area contributed by atoms with Gasteiger partial charge < -0.3 is 23.3 Å². The fraction of sp³-hybridized carbons (Fsp3) is 0.529. The highest BCUT2D eigenvalue weighted by Crippen LogP contribution is 2.26. The van der Waals surface area contributed by atoms with Gasteiger partial charge in [0, 0.05) is 44.2 Å². The number of amides is 1. The van der Waals surface area contributed by atoms with Gasteiger partial charge in [0.1, 0.15) is 0 Å². The van der Waals surface area contributed by atoms with Gasteiger partial charge in [0.05, 0.1) is 38.4 Å². The van der Waals surface area contributed by atoms with Crippen molar-refractivity contribution >= 4 is 5.91 Å². The predicted octanol–water partition coefficient (Wildman–Crippen LogP) is 1.25. The molecule has 2 fully saturated rings. The first-order chi connectivity index (χ1) is 12.2. The molecular weight excluding hydrogens is 326 g/mol. The van der Waals surface area contributed by atoms with Crippen molar-refractivity contribution < 1.29 is 23.2 Å². The smallest absolute Gasteiger partial charge is 0.292 e. The zero-order chi connectivity index (χ0) is 17.2. The summed E-state index contributed by atoms with van der Waals surface area (Å²) >= 11 is 0. The Hall–Kier alpha value is -2.32. The maximum atomic E-state index is 12.6. The number of hydrogen-bond acceptors (Lipinski definition) is 7. The Morgan fingerprint density at radius 1 is 1.40 bits per heavy atom. The molecule has 2 saturated heterocycles. The summed E-state index contributed by atoms with van der Waals surface area (Å²) in [6, 6.07) is 3.49. The molecule has 1 amide bonds. The minimum atomic E-state index is -0.172. The van der Waals surface area contributed by atoms with E-state index in [1.165, 1.54) is 13.2 Å². The van der Waals surface area contributed by atoms with Gasteiger partial charge in [0.15, 0.2) is 0 Å². The highest BCUT2D eigenvalue weighted by molar-refractivity contribution is 5.91. The SMILES string of the molecule is COc1cc(C(=O)N2C[C@@H]3CN(Cc4ccoc4)CCO[C@@H]3C2)on1. The Morgan fingerprint density at radius 3 is 3.08 bits per heavy atom. The molecule has 2 aliphatic heterocycles. The molecule has 0 spiro atoms. The van der Waals surface area contributed by atoms with Gasteiger partial charge in [-0.3, -0.25) is 9.69 Å². The molecule has 0 unspecified atom stereocenters. The monoisotopic (exact) mass is 347 g/mol. The van der Waals surface area contributed by atoms with Crippen molar-refractivity contribution in [3.8, 4) is 5.88 Å². The van der Waals surface area contributed by atoms with Gasteiger partial charge in [-0.2, -0.15) is 0 Å². The molecule has 0 aliphatic carbocycles. The highest BCUT2D eigenvalue weighted by Gasteiger charge is 2.39. The first-order valence-electron chi connectivity index (χ1n) is 8.38. The van der Waals surface area contributed by atoms with E-state index < -0.39 is 0 Å². The number of nitrogens with zero attached hydrogens (tertiary/aromatic N) is 3. The third-order valence-electron chi connectivity index (χ3n) is 4.80. The predicted molar refractivity (Wildman–Crippen MR) is 86.2 cm³/mol. The normalized spacial score (nSPS) is 24.1. The van der Waals surface area contributed by atoms with Gasteiger partial charge in [-0.25, -0.2) is 0 Å². The molecule has 8 heteroatoms. The van der Waals surface area contributed by atoms with E-state index in [4.69, 9.17) is 18.4 Å². The van der Waals surface area contributed by atoms with Crippen LogP contribution < -0.4 is 4.74 Å². The molecule has 2 atom stereocenters. The topological polar surface area (TPSA) is 81.2 Å². The number of methoxy groups -OCH3 is 1. The molecule has 0 radical (unpaired) electrons. The van der Waals surface area contributed by atoms with Crippen molar-refractivity contribution in [3.63, 3.8) is 0 Å². The van der Waals surface area contributed by atoms with E-state index in [1.54, 1.807) is 17.4 Å². The van der Waals surface area contributed by atoms with E-state index >= 15 is 0 Å². The Kier molecular flexibility index (Phi) is 4.46. The number of hydrogen-bond donors (Lipinski definition) is 0. The molecule has 134 valence electrons. The van der Waals surface area contributed by atoms with Gasteiger partial charge in [-0.15, -0.1) is 0 Å². The summed E-state index contributed by atoms with van der Waals surface area (Å²) in [6.45, 7) is 4.48. The van der Waals surface area contributed by atoms with Crippen LogP contribution in [0.3, 0.4) is 0 Å². The molecule has 2 aliphatic rings. The number of aromatic nitrogens is 1. The van der Waals surface area contributed by atoms with E-state index in [2.05, 4.69) is 10.1 Å². The third-order valence-corrected chi connectivity index (χ3v) is 4.80. The summed E-state index contributed by atoms with van der Waals surface area (Å²) in [4.78, 5) is 16.7. The number of fused-ring (bicyclic) bond motifs is 1. The fourth-order valence-electron chi connectivity index (χ4n) is 3.52. The molecule has 25 heavy (non-hydrogen) atoms. The molecule has 8 nitrogen and oxygen atoms in total. The Balaban J connectivity index is 1.40. The lowest BCUT2D eigenvalue weighted by atomic mass is 10.1. The van der Waals surface area contributed by atoms with Crippen LogP contribution in [-0.4, -0.2) is 66.9 Å². The van der Waals surface area contributed by atoms with Crippen molar-refractivity contribution in [2.45, 2.75) is 12.6 Å². The number of furan rings is 1. The first kappa shape index (κ1) is 16.2. The van der Waals surface area contributed by atoms with Crippen LogP contribution in [0.4, 0.5) is 0 Å². The molecular formula is C17H21N3O5. The Labute approximate surface area is 145 Å². The molecule has 2 aromatic heterocycles. The van der Waals surface area contributed by atoms with Gasteiger partial charge in [0.2, 0.25) is 5.76 Å². The van der Waals surface area contributed by atoms with E-state index in [1.807, 2.05) is 6.07 Å². The van der Waals surface area contributed by atoms with Crippen LogP contribution in [0.1, 0.15) is 16.1 Å². The number of ether oxygens (including phenoxy) is 2. The third kappa shape index (κ3) is 3.40. The number of carbonyl (C=O) groups excluding carboxylic acids is 1. The van der Waals surface area contributed by atoms with Crippen LogP contribution in [-0.2, 0) is 11.3 Å². The zero-order valence-electron chi connectivity index (χ0n) is 14.1. The van der Waals surface area contributed by atoms with Crippen molar-refractivity contribution in [2.24, 2.45) is 5.92 Å². The average molecular weight is 347 g/mol. The lowest BCUT2D eigenvalue weighted by Crippen LogP contribution is -2.33. The Morgan fingerprint density at radius 2 is 2.32 bits per heavy atom. The first-order valence-corrected chi connectivity index (χ1v) is 8.38. The zero-order valence-corrected chi connectivity index (χ0v) is 14.1. The van der Waals surface area contributed by atoms with Gasteiger partial charge in [-0.1, -0.05) is 0 Å². The largest absolute Gasteiger partial charge is 0.479 e. The number of likely N-dealkylation sites (tertiary alicyclic amines) is 1. The average Bonchev–Trinajstić information content (AvgIpc) is 3.34. The van der Waals surface area contributed by atoms with E-state index in [0.717, 1.165) is 25.2 Å². The molecule has 4 heterocycles. The quantitative estimate of drug-likeness (QED) is 0.823. The second kappa shape index (κ2) is 6.89. The summed E-state index contributed by atoms with van der Waals surface area (Å²) < 4.78 is 21.2. The molecule has 0 aromatic carbocycles. The number of rotatable bonds is 4. The summed E-state index contributed by atoms with van der Waals surface area (Å²) in [5, 5.41) is 3.69. The Bertz CT molecular complexity index is 714. The van der Waals surface area contributed by atoms with Crippen LogP contribution in [0.5, 0.6) is 5.88 Å². The second-order valence-corrected chi connectivity index (χ2v) is 6.48. The van der Waals surface area contributed by atoms with E-state index in [-0.39, 0.29) is 23.7 Å². The van der Waals surface area contributed by atoms with Gasteiger partial charge in [-0.05, 0) is 11.2 Å². The lowest BCUT2D eigenvalue weighted by Gasteiger charge is -2.22. The van der Waals surface area contributed by atoms with Crippen molar-refractivity contribution in [3.05, 3.63) is 36.0 Å². The van der Waals surface area contributed by atoms with Gasteiger partial charge in [0.25, 0.3) is 11.8 Å². The van der Waals surface area contributed by atoms with Crippen LogP contribution in [0, 0.1) is 5.92 Å². The number of carbonyl (C=O) groups is 1. The second-order valence-electron chi connectivity index (χ2n) is 6.48. The van der Waals surface area contributed by atoms with Crippen LogP contribution in [0.25, 0.3) is 0 Å². The van der Waals surface area contributed by atoms with Gasteiger partial charge >= 0.3 is 0 Å². The molecule has 0 saturated carbocycles. The summed E-state index contributed by atoms with van der Waals surface area (Å²) in [7, 11) is 1.49.